The van der Waals surface area contributed by atoms with Crippen molar-refractivity contribution in [2.45, 2.75) is 0 Å². The summed E-state index contributed by atoms with van der Waals surface area (Å²) in [7, 11) is 0. The van der Waals surface area contributed by atoms with E-state index in [-0.39, 0.29) is 11.5 Å². The molecule has 23 heavy (non-hydrogen) atoms. The van der Waals surface area contributed by atoms with Gasteiger partial charge in [-0.05, 0) is 18.2 Å². The maximum absolute atomic E-state index is 12.2. The Kier molecular flexibility index (Phi) is 4.14. The summed E-state index contributed by atoms with van der Waals surface area (Å²) in [6.45, 7) is 0. The number of thiazole rings is 1. The third-order valence-electron chi connectivity index (χ3n) is 2.98. The van der Waals surface area contributed by atoms with Crippen LogP contribution in [0, 0.1) is 0 Å². The summed E-state index contributed by atoms with van der Waals surface area (Å²) in [6.07, 6.45) is 1.26. The number of furan rings is 1. The Morgan fingerprint density at radius 1 is 1.30 bits per heavy atom. The second-order valence-corrected chi connectivity index (χ2v) is 5.80. The predicted octanol–water partition coefficient (Wildman–Crippen LogP) is 3.41. The molecule has 0 spiro atoms. The summed E-state index contributed by atoms with van der Waals surface area (Å²) >= 11 is 7.21. The van der Waals surface area contributed by atoms with E-state index in [1.54, 1.807) is 29.6 Å². The molecule has 0 fully saturated rings. The van der Waals surface area contributed by atoms with Crippen LogP contribution in [-0.4, -0.2) is 16.8 Å². The molecule has 3 rings (SSSR count). The van der Waals surface area contributed by atoms with Crippen molar-refractivity contribution < 1.29 is 14.0 Å². The maximum atomic E-state index is 12.2. The van der Waals surface area contributed by atoms with Crippen LogP contribution >= 0.6 is 22.9 Å². The lowest BCUT2D eigenvalue weighted by Gasteiger charge is -2.03. The molecule has 0 aliphatic rings. The molecule has 3 aromatic rings. The smallest absolute Gasteiger partial charge is 0.258 e. The Labute approximate surface area is 139 Å². The summed E-state index contributed by atoms with van der Waals surface area (Å²) in [5.74, 6) is -0.537. The lowest BCUT2D eigenvalue weighted by atomic mass is 10.2. The minimum atomic E-state index is -0.581. The molecule has 3 N–H and O–H groups in total. The van der Waals surface area contributed by atoms with Gasteiger partial charge in [-0.1, -0.05) is 23.7 Å². The first-order valence-electron chi connectivity index (χ1n) is 6.44. The molecule has 2 heterocycles. The Balaban J connectivity index is 1.78. The minimum Gasteiger partial charge on any atom is -0.462 e. The van der Waals surface area contributed by atoms with Crippen LogP contribution in [0.5, 0.6) is 0 Å². The van der Waals surface area contributed by atoms with Gasteiger partial charge in [0.15, 0.2) is 10.9 Å². The average Bonchev–Trinajstić information content (AvgIpc) is 3.16. The standard InChI is InChI=1S/C15H10ClN3O3S/c16-10-4-2-1-3-9(10)14(21)19-15-18-11(7-23-15)12-5-8(6-22-12)13(17)20/h1-7H,(H2,17,20)(H,18,19,21). The van der Waals surface area contributed by atoms with Crippen molar-refractivity contribution in [1.82, 2.24) is 4.98 Å². The lowest BCUT2D eigenvalue weighted by molar-refractivity contribution is 0.0997. The topological polar surface area (TPSA) is 98.2 Å². The van der Waals surface area contributed by atoms with Gasteiger partial charge in [0.25, 0.3) is 11.8 Å². The number of hydrogen-bond acceptors (Lipinski definition) is 5. The number of amides is 2. The van der Waals surface area contributed by atoms with Gasteiger partial charge < -0.3 is 10.2 Å². The zero-order valence-electron chi connectivity index (χ0n) is 11.6. The van der Waals surface area contributed by atoms with Crippen LogP contribution in [0.4, 0.5) is 5.13 Å². The highest BCUT2D eigenvalue weighted by atomic mass is 35.5. The molecule has 2 aromatic heterocycles. The number of hydrogen-bond donors (Lipinski definition) is 2. The minimum absolute atomic E-state index is 0.259. The van der Waals surface area contributed by atoms with Crippen molar-refractivity contribution in [3.05, 3.63) is 58.1 Å². The van der Waals surface area contributed by atoms with Crippen molar-refractivity contribution in [2.24, 2.45) is 5.73 Å². The van der Waals surface area contributed by atoms with E-state index in [0.717, 1.165) is 0 Å². The maximum Gasteiger partial charge on any atom is 0.258 e. The number of primary amides is 1. The second-order valence-electron chi connectivity index (χ2n) is 4.54. The molecule has 0 atom stereocenters. The Morgan fingerprint density at radius 3 is 2.78 bits per heavy atom. The van der Waals surface area contributed by atoms with Gasteiger partial charge in [-0.15, -0.1) is 11.3 Å². The van der Waals surface area contributed by atoms with Gasteiger partial charge in [-0.25, -0.2) is 4.98 Å². The van der Waals surface area contributed by atoms with E-state index in [1.165, 1.54) is 23.7 Å². The number of anilines is 1. The molecule has 0 bridgehead atoms. The number of rotatable bonds is 4. The van der Waals surface area contributed by atoms with Crippen molar-refractivity contribution in [1.29, 1.82) is 0 Å². The van der Waals surface area contributed by atoms with E-state index in [9.17, 15) is 9.59 Å². The monoisotopic (exact) mass is 347 g/mol. The Bertz CT molecular complexity index is 887. The molecule has 116 valence electrons. The third kappa shape index (κ3) is 3.25. The average molecular weight is 348 g/mol. The van der Waals surface area contributed by atoms with Crippen molar-refractivity contribution in [3.63, 3.8) is 0 Å². The zero-order valence-corrected chi connectivity index (χ0v) is 13.1. The van der Waals surface area contributed by atoms with Crippen LogP contribution in [0.1, 0.15) is 20.7 Å². The van der Waals surface area contributed by atoms with Gasteiger partial charge in [-0.3, -0.25) is 14.9 Å². The predicted molar refractivity (Wildman–Crippen MR) is 87.7 cm³/mol. The highest BCUT2D eigenvalue weighted by Crippen LogP contribution is 2.27. The second kappa shape index (κ2) is 6.23. The van der Waals surface area contributed by atoms with E-state index in [1.807, 2.05) is 0 Å². The Morgan fingerprint density at radius 2 is 2.09 bits per heavy atom. The lowest BCUT2D eigenvalue weighted by Crippen LogP contribution is -2.12. The van der Waals surface area contributed by atoms with E-state index < -0.39 is 5.91 Å². The van der Waals surface area contributed by atoms with Gasteiger partial charge in [-0.2, -0.15) is 0 Å². The first-order valence-corrected chi connectivity index (χ1v) is 7.70. The Hall–Kier alpha value is -2.64. The number of benzene rings is 1. The van der Waals surface area contributed by atoms with E-state index in [0.29, 0.717) is 27.2 Å². The molecule has 0 aliphatic carbocycles. The number of halogens is 1. The zero-order chi connectivity index (χ0) is 16.4. The molecule has 1 aromatic carbocycles. The number of carbonyl (C=O) groups is 2. The summed E-state index contributed by atoms with van der Waals surface area (Å²) in [5, 5.41) is 5.12. The molecule has 0 saturated carbocycles. The first-order chi connectivity index (χ1) is 11.0. The molecule has 8 heteroatoms. The number of aromatic nitrogens is 1. The number of nitrogens with two attached hydrogens (primary N) is 1. The van der Waals surface area contributed by atoms with E-state index in [2.05, 4.69) is 10.3 Å². The van der Waals surface area contributed by atoms with Gasteiger partial charge >= 0.3 is 0 Å². The molecular formula is C15H10ClN3O3S. The van der Waals surface area contributed by atoms with Gasteiger partial charge in [0.1, 0.15) is 12.0 Å². The third-order valence-corrected chi connectivity index (χ3v) is 4.07. The number of carbonyl (C=O) groups excluding carboxylic acids is 2. The van der Waals surface area contributed by atoms with Crippen LogP contribution in [0.25, 0.3) is 11.5 Å². The fourth-order valence-corrected chi connectivity index (χ4v) is 2.77. The van der Waals surface area contributed by atoms with Gasteiger partial charge in [0.05, 0.1) is 16.1 Å². The van der Waals surface area contributed by atoms with Crippen molar-refractivity contribution in [2.75, 3.05) is 5.32 Å². The molecule has 0 radical (unpaired) electrons. The molecule has 6 nitrogen and oxygen atoms in total. The van der Waals surface area contributed by atoms with Crippen LogP contribution in [-0.2, 0) is 0 Å². The fraction of sp³-hybridized carbons (Fsp3) is 0. The quantitative estimate of drug-likeness (QED) is 0.755. The highest BCUT2D eigenvalue weighted by Gasteiger charge is 2.15. The van der Waals surface area contributed by atoms with E-state index >= 15 is 0 Å². The van der Waals surface area contributed by atoms with Gasteiger partial charge in [0, 0.05) is 5.38 Å². The van der Waals surface area contributed by atoms with Gasteiger partial charge in [0.2, 0.25) is 0 Å². The molecule has 2 amide bonds. The normalized spacial score (nSPS) is 10.5. The van der Waals surface area contributed by atoms with Crippen molar-refractivity contribution >= 4 is 39.9 Å². The number of nitrogens with one attached hydrogen (secondary N) is 1. The highest BCUT2D eigenvalue weighted by molar-refractivity contribution is 7.14. The van der Waals surface area contributed by atoms with Crippen LogP contribution in [0.15, 0.2) is 46.4 Å². The fourth-order valence-electron chi connectivity index (χ4n) is 1.85. The van der Waals surface area contributed by atoms with Crippen LogP contribution in [0.2, 0.25) is 5.02 Å². The largest absolute Gasteiger partial charge is 0.462 e. The molecule has 0 unspecified atom stereocenters. The molecular weight excluding hydrogens is 338 g/mol. The van der Waals surface area contributed by atoms with Crippen LogP contribution < -0.4 is 11.1 Å². The summed E-state index contributed by atoms with van der Waals surface area (Å²) in [5.41, 5.74) is 6.29. The summed E-state index contributed by atoms with van der Waals surface area (Å²) < 4.78 is 5.24. The van der Waals surface area contributed by atoms with Crippen molar-refractivity contribution in [3.8, 4) is 11.5 Å². The SMILES string of the molecule is NC(=O)c1coc(-c2csc(NC(=O)c3ccccc3Cl)n2)c1. The summed E-state index contributed by atoms with van der Waals surface area (Å²) in [6, 6.07) is 8.23. The van der Waals surface area contributed by atoms with E-state index in [4.69, 9.17) is 21.8 Å². The number of nitrogens with zero attached hydrogens (tertiary/aromatic N) is 1. The first kappa shape index (κ1) is 15.3. The van der Waals surface area contributed by atoms with Crippen LogP contribution in [0.3, 0.4) is 0 Å². The molecule has 0 aliphatic heterocycles. The summed E-state index contributed by atoms with van der Waals surface area (Å²) in [4.78, 5) is 27.5. The molecule has 0 saturated heterocycles.